The second-order valence-corrected chi connectivity index (χ2v) is 4.36. The number of carboxylic acids is 3. The minimum Gasteiger partial charge on any atom is -0.480 e. The molecule has 1 heterocycles. The Morgan fingerprint density at radius 2 is 1.65 bits per heavy atom. The smallest absolute Gasteiger partial charge is 0.339 e. The molecule has 0 radical (unpaired) electrons. The number of hydrogen-bond donors (Lipinski definition) is 3. The molecule has 0 spiro atoms. The standard InChI is InChI=1S/C9H5BrN2O8/c10-3-1-4(12(19)20)5(11-2-3)9(6(13)14,7(15)16)8(17)18/h1-2H,(H,13,14)(H,15,16)(H,17,18). The SMILES string of the molecule is O=C(O)C(C(=O)O)(C(=O)O)c1ncc(Br)cc1[N+](=O)[O-]. The largest absolute Gasteiger partial charge is 0.480 e. The van der Waals surface area contributed by atoms with Crippen LogP contribution in [0.2, 0.25) is 0 Å². The quantitative estimate of drug-likeness (QED) is 0.383. The van der Waals surface area contributed by atoms with Crippen molar-refractivity contribution in [2.45, 2.75) is 5.41 Å². The summed E-state index contributed by atoms with van der Waals surface area (Å²) in [6.07, 6.45) is 0.867. The maximum atomic E-state index is 11.1. The number of carbonyl (C=O) groups is 3. The molecule has 20 heavy (non-hydrogen) atoms. The number of rotatable bonds is 5. The van der Waals surface area contributed by atoms with Crippen molar-refractivity contribution in [1.82, 2.24) is 4.98 Å². The highest BCUT2D eigenvalue weighted by Crippen LogP contribution is 2.33. The summed E-state index contributed by atoms with van der Waals surface area (Å²) in [6.45, 7) is 0. The van der Waals surface area contributed by atoms with Gasteiger partial charge in [-0.1, -0.05) is 0 Å². The molecule has 1 aromatic heterocycles. The fraction of sp³-hybridized carbons (Fsp3) is 0.111. The van der Waals surface area contributed by atoms with Gasteiger partial charge in [0, 0.05) is 16.7 Å². The fourth-order valence-electron chi connectivity index (χ4n) is 1.43. The van der Waals surface area contributed by atoms with Crippen LogP contribution >= 0.6 is 15.9 Å². The summed E-state index contributed by atoms with van der Waals surface area (Å²) in [5.41, 5.74) is -5.80. The third-order valence-electron chi connectivity index (χ3n) is 2.35. The number of pyridine rings is 1. The van der Waals surface area contributed by atoms with E-state index in [-0.39, 0.29) is 4.47 Å². The highest BCUT2D eigenvalue weighted by molar-refractivity contribution is 9.10. The number of halogens is 1. The summed E-state index contributed by atoms with van der Waals surface area (Å²) in [5.74, 6) is -6.89. The average molecular weight is 349 g/mol. The lowest BCUT2D eigenvalue weighted by atomic mass is 9.83. The van der Waals surface area contributed by atoms with Gasteiger partial charge in [0.15, 0.2) is 5.69 Å². The molecule has 0 atom stereocenters. The summed E-state index contributed by atoms with van der Waals surface area (Å²) in [6, 6.07) is 0.770. The molecule has 0 bridgehead atoms. The molecule has 11 heteroatoms. The minimum absolute atomic E-state index is 0.0583. The van der Waals surface area contributed by atoms with Gasteiger partial charge in [-0.15, -0.1) is 0 Å². The van der Waals surface area contributed by atoms with Gasteiger partial charge in [-0.3, -0.25) is 15.1 Å². The van der Waals surface area contributed by atoms with Crippen LogP contribution in [0.1, 0.15) is 5.69 Å². The maximum absolute atomic E-state index is 11.1. The molecular weight excluding hydrogens is 344 g/mol. The van der Waals surface area contributed by atoms with Crippen molar-refractivity contribution in [2.24, 2.45) is 0 Å². The molecule has 0 fully saturated rings. The van der Waals surface area contributed by atoms with Crippen LogP contribution in [0.5, 0.6) is 0 Å². The number of hydrogen-bond acceptors (Lipinski definition) is 6. The zero-order valence-corrected chi connectivity index (χ0v) is 10.9. The fourth-order valence-corrected chi connectivity index (χ4v) is 1.75. The van der Waals surface area contributed by atoms with E-state index in [4.69, 9.17) is 15.3 Å². The van der Waals surface area contributed by atoms with E-state index in [0.717, 1.165) is 12.3 Å². The van der Waals surface area contributed by atoms with E-state index in [0.29, 0.717) is 0 Å². The van der Waals surface area contributed by atoms with Gasteiger partial charge in [0.05, 0.1) is 4.92 Å². The number of carboxylic acid groups (broad SMARTS) is 3. The summed E-state index contributed by atoms with van der Waals surface area (Å²) >= 11 is 2.83. The molecule has 0 unspecified atom stereocenters. The topological polar surface area (TPSA) is 168 Å². The molecule has 0 saturated heterocycles. The van der Waals surface area contributed by atoms with Gasteiger partial charge in [0.25, 0.3) is 5.69 Å². The summed E-state index contributed by atoms with van der Waals surface area (Å²) < 4.78 is 0.0583. The van der Waals surface area contributed by atoms with E-state index in [1.807, 2.05) is 0 Å². The Bertz CT molecular complexity index is 592. The van der Waals surface area contributed by atoms with E-state index >= 15 is 0 Å². The van der Waals surface area contributed by atoms with Crippen molar-refractivity contribution in [1.29, 1.82) is 0 Å². The van der Waals surface area contributed by atoms with Gasteiger partial charge in [0.2, 0.25) is 0 Å². The molecule has 0 aliphatic carbocycles. The molecule has 1 rings (SSSR count). The van der Waals surface area contributed by atoms with Crippen molar-refractivity contribution in [3.63, 3.8) is 0 Å². The first-order valence-electron chi connectivity index (χ1n) is 4.66. The van der Waals surface area contributed by atoms with E-state index < -0.39 is 39.6 Å². The first-order chi connectivity index (χ1) is 9.15. The van der Waals surface area contributed by atoms with Crippen LogP contribution < -0.4 is 0 Å². The molecule has 3 N–H and O–H groups in total. The lowest BCUT2D eigenvalue weighted by Gasteiger charge is -2.19. The number of aliphatic carboxylic acids is 3. The molecule has 1 aromatic rings. The molecular formula is C9H5BrN2O8. The lowest BCUT2D eigenvalue weighted by molar-refractivity contribution is -0.386. The van der Waals surface area contributed by atoms with Gasteiger partial charge in [-0.25, -0.2) is 14.4 Å². The van der Waals surface area contributed by atoms with Crippen LogP contribution in [0.3, 0.4) is 0 Å². The van der Waals surface area contributed by atoms with Gasteiger partial charge in [-0.05, 0) is 15.9 Å². The average Bonchev–Trinajstić information content (AvgIpc) is 2.29. The molecule has 106 valence electrons. The van der Waals surface area contributed by atoms with Crippen LogP contribution in [0, 0.1) is 10.1 Å². The van der Waals surface area contributed by atoms with Gasteiger partial charge in [0.1, 0.15) is 0 Å². The molecule has 0 aliphatic heterocycles. The van der Waals surface area contributed by atoms with Crippen molar-refractivity contribution in [2.75, 3.05) is 0 Å². The van der Waals surface area contributed by atoms with E-state index in [1.54, 1.807) is 0 Å². The van der Waals surface area contributed by atoms with Crippen LogP contribution in [0.15, 0.2) is 16.7 Å². The second-order valence-electron chi connectivity index (χ2n) is 3.44. The maximum Gasteiger partial charge on any atom is 0.339 e. The van der Waals surface area contributed by atoms with Crippen LogP contribution in [-0.4, -0.2) is 43.1 Å². The van der Waals surface area contributed by atoms with Gasteiger partial charge < -0.3 is 15.3 Å². The summed E-state index contributed by atoms with van der Waals surface area (Å²) in [7, 11) is 0. The Kier molecular flexibility index (Phi) is 4.03. The molecule has 0 aromatic carbocycles. The zero-order chi connectivity index (χ0) is 15.7. The molecule has 10 nitrogen and oxygen atoms in total. The monoisotopic (exact) mass is 348 g/mol. The predicted octanol–water partition coefficient (Wildman–Crippen LogP) is 0.244. The summed E-state index contributed by atoms with van der Waals surface area (Å²) in [4.78, 5) is 46.4. The normalized spacial score (nSPS) is 10.8. The lowest BCUT2D eigenvalue weighted by Crippen LogP contribution is -2.51. The number of aromatic nitrogens is 1. The Balaban J connectivity index is 3.84. The van der Waals surface area contributed by atoms with Crippen LogP contribution in [0.4, 0.5) is 5.69 Å². The molecule has 0 amide bonds. The number of nitro groups is 1. The van der Waals surface area contributed by atoms with Crippen molar-refractivity contribution >= 4 is 39.5 Å². The van der Waals surface area contributed by atoms with Gasteiger partial charge in [-0.2, -0.15) is 0 Å². The highest BCUT2D eigenvalue weighted by Gasteiger charge is 2.60. The van der Waals surface area contributed by atoms with Crippen molar-refractivity contribution < 1.29 is 34.6 Å². The van der Waals surface area contributed by atoms with Crippen LogP contribution in [0.25, 0.3) is 0 Å². The minimum atomic E-state index is -3.57. The third-order valence-corrected chi connectivity index (χ3v) is 2.78. The number of nitrogens with zero attached hydrogens (tertiary/aromatic N) is 2. The first-order valence-corrected chi connectivity index (χ1v) is 5.45. The predicted molar refractivity (Wildman–Crippen MR) is 63.2 cm³/mol. The zero-order valence-electron chi connectivity index (χ0n) is 9.31. The molecule has 0 aliphatic rings. The Morgan fingerprint density at radius 3 is 2.00 bits per heavy atom. The van der Waals surface area contributed by atoms with E-state index in [1.165, 1.54) is 0 Å². The summed E-state index contributed by atoms with van der Waals surface area (Å²) in [5, 5.41) is 37.7. The highest BCUT2D eigenvalue weighted by atomic mass is 79.9. The second kappa shape index (κ2) is 5.21. The van der Waals surface area contributed by atoms with E-state index in [9.17, 15) is 24.5 Å². The Hall–Kier alpha value is -2.56. The van der Waals surface area contributed by atoms with Gasteiger partial charge >= 0.3 is 23.3 Å². The van der Waals surface area contributed by atoms with Crippen molar-refractivity contribution in [3.8, 4) is 0 Å². The Labute approximate surface area is 117 Å². The third kappa shape index (κ3) is 2.18. The van der Waals surface area contributed by atoms with E-state index in [2.05, 4.69) is 20.9 Å². The molecule has 0 saturated carbocycles. The first kappa shape index (κ1) is 15.5. The Morgan fingerprint density at radius 1 is 1.20 bits per heavy atom. The van der Waals surface area contributed by atoms with Crippen molar-refractivity contribution in [3.05, 3.63) is 32.5 Å². The van der Waals surface area contributed by atoms with Crippen LogP contribution in [-0.2, 0) is 19.8 Å².